The molecule has 6 nitrogen and oxygen atoms in total. The average molecular weight is 504 g/mol. The molecule has 2 aromatic carbocycles. The molecular weight excluding hydrogens is 479 g/mol. The Kier molecular flexibility index (Phi) is 9.23. The van der Waals surface area contributed by atoms with Gasteiger partial charge in [0.15, 0.2) is 11.7 Å². The number of hydrogen-bond donors (Lipinski definition) is 3. The van der Waals surface area contributed by atoms with Gasteiger partial charge in [-0.25, -0.2) is 4.99 Å². The standard InChI is InChI=1S/C22H24N4O2.HI/c1-17-9-11-18(12-10-17)16-25-22(26-19-6-3-2-4-7-19)24-14-13-23-21(27)20-8-5-15-28-20;/h2-12,15H,13-14,16H2,1H3,(H,23,27)(H2,24,25,26);1H. The number of benzene rings is 2. The summed E-state index contributed by atoms with van der Waals surface area (Å²) in [6.45, 7) is 3.59. The highest BCUT2D eigenvalue weighted by atomic mass is 127. The van der Waals surface area contributed by atoms with Crippen LogP contribution in [-0.4, -0.2) is 25.0 Å². The van der Waals surface area contributed by atoms with Gasteiger partial charge in [-0.05, 0) is 36.8 Å². The van der Waals surface area contributed by atoms with Gasteiger partial charge >= 0.3 is 0 Å². The molecule has 0 saturated heterocycles. The molecule has 7 heteroatoms. The zero-order chi connectivity index (χ0) is 19.6. The Morgan fingerprint density at radius 1 is 0.931 bits per heavy atom. The van der Waals surface area contributed by atoms with E-state index in [2.05, 4.69) is 52.1 Å². The van der Waals surface area contributed by atoms with Crippen molar-refractivity contribution in [1.29, 1.82) is 0 Å². The second-order valence-electron chi connectivity index (χ2n) is 6.30. The van der Waals surface area contributed by atoms with E-state index in [1.54, 1.807) is 12.1 Å². The van der Waals surface area contributed by atoms with E-state index >= 15 is 0 Å². The van der Waals surface area contributed by atoms with Crippen molar-refractivity contribution in [3.8, 4) is 0 Å². The molecule has 1 amide bonds. The summed E-state index contributed by atoms with van der Waals surface area (Å²) in [7, 11) is 0. The number of anilines is 1. The number of hydrogen-bond acceptors (Lipinski definition) is 3. The summed E-state index contributed by atoms with van der Waals surface area (Å²) in [4.78, 5) is 16.5. The minimum absolute atomic E-state index is 0. The van der Waals surface area contributed by atoms with Crippen LogP contribution in [0.2, 0.25) is 0 Å². The molecule has 0 unspecified atom stereocenters. The van der Waals surface area contributed by atoms with Crippen LogP contribution in [0.4, 0.5) is 5.69 Å². The van der Waals surface area contributed by atoms with E-state index < -0.39 is 0 Å². The zero-order valence-corrected chi connectivity index (χ0v) is 18.6. The van der Waals surface area contributed by atoms with Crippen LogP contribution in [0.25, 0.3) is 0 Å². The molecular formula is C22H25IN4O2. The predicted molar refractivity (Wildman–Crippen MR) is 127 cm³/mol. The monoisotopic (exact) mass is 504 g/mol. The topological polar surface area (TPSA) is 78.7 Å². The van der Waals surface area contributed by atoms with Crippen LogP contribution in [0.5, 0.6) is 0 Å². The van der Waals surface area contributed by atoms with E-state index in [9.17, 15) is 4.79 Å². The number of aryl methyl sites for hydroxylation is 1. The first-order valence-corrected chi connectivity index (χ1v) is 9.18. The van der Waals surface area contributed by atoms with Crippen molar-refractivity contribution in [1.82, 2.24) is 10.6 Å². The first-order valence-electron chi connectivity index (χ1n) is 9.18. The fourth-order valence-electron chi connectivity index (χ4n) is 2.51. The average Bonchev–Trinajstić information content (AvgIpc) is 3.26. The number of nitrogens with zero attached hydrogens (tertiary/aromatic N) is 1. The molecule has 0 saturated carbocycles. The fraction of sp³-hybridized carbons (Fsp3) is 0.182. The van der Waals surface area contributed by atoms with Crippen molar-refractivity contribution >= 4 is 41.5 Å². The van der Waals surface area contributed by atoms with Gasteiger partial charge in [-0.3, -0.25) is 4.79 Å². The van der Waals surface area contributed by atoms with Gasteiger partial charge in [-0.1, -0.05) is 48.0 Å². The minimum Gasteiger partial charge on any atom is -0.459 e. The molecule has 3 N–H and O–H groups in total. The van der Waals surface area contributed by atoms with Crippen molar-refractivity contribution < 1.29 is 9.21 Å². The lowest BCUT2D eigenvalue weighted by Crippen LogP contribution is -2.37. The van der Waals surface area contributed by atoms with Crippen molar-refractivity contribution in [3.63, 3.8) is 0 Å². The summed E-state index contributed by atoms with van der Waals surface area (Å²) in [5.41, 5.74) is 3.30. The molecule has 1 heterocycles. The predicted octanol–water partition coefficient (Wildman–Crippen LogP) is 4.19. The Bertz CT molecular complexity index is 894. The summed E-state index contributed by atoms with van der Waals surface area (Å²) in [5, 5.41) is 9.33. The third-order valence-electron chi connectivity index (χ3n) is 4.02. The molecule has 0 aliphatic carbocycles. The molecule has 3 rings (SSSR count). The smallest absolute Gasteiger partial charge is 0.287 e. The Labute approximate surface area is 187 Å². The Morgan fingerprint density at radius 2 is 1.66 bits per heavy atom. The summed E-state index contributed by atoms with van der Waals surface area (Å²) >= 11 is 0. The van der Waals surface area contributed by atoms with E-state index in [-0.39, 0.29) is 29.9 Å². The maximum Gasteiger partial charge on any atom is 0.287 e. The number of halogens is 1. The molecule has 0 fully saturated rings. The summed E-state index contributed by atoms with van der Waals surface area (Å²) in [5.74, 6) is 0.718. The minimum atomic E-state index is -0.235. The Hall–Kier alpha value is -2.81. The highest BCUT2D eigenvalue weighted by molar-refractivity contribution is 14.0. The van der Waals surface area contributed by atoms with Crippen LogP contribution in [0, 0.1) is 6.92 Å². The number of guanidine groups is 1. The summed E-state index contributed by atoms with van der Waals surface area (Å²) in [6, 6.07) is 21.5. The van der Waals surface area contributed by atoms with Gasteiger partial charge < -0.3 is 20.4 Å². The van der Waals surface area contributed by atoms with Gasteiger partial charge in [-0.2, -0.15) is 0 Å². The van der Waals surface area contributed by atoms with Gasteiger partial charge in [-0.15, -0.1) is 24.0 Å². The van der Waals surface area contributed by atoms with E-state index in [1.807, 2.05) is 30.3 Å². The number of carbonyl (C=O) groups excluding carboxylic acids is 1. The lowest BCUT2D eigenvalue weighted by molar-refractivity contribution is 0.0926. The largest absolute Gasteiger partial charge is 0.459 e. The van der Waals surface area contributed by atoms with Gasteiger partial charge in [0, 0.05) is 18.8 Å². The molecule has 0 aliphatic rings. The van der Waals surface area contributed by atoms with E-state index in [0.717, 1.165) is 11.3 Å². The number of amides is 1. The Morgan fingerprint density at radius 3 is 2.34 bits per heavy atom. The molecule has 3 aromatic rings. The highest BCUT2D eigenvalue weighted by Gasteiger charge is 2.07. The third-order valence-corrected chi connectivity index (χ3v) is 4.02. The van der Waals surface area contributed by atoms with Crippen LogP contribution in [0.1, 0.15) is 21.7 Å². The molecule has 0 atom stereocenters. The van der Waals surface area contributed by atoms with E-state index in [0.29, 0.717) is 31.4 Å². The number of carbonyl (C=O) groups is 1. The van der Waals surface area contributed by atoms with E-state index in [4.69, 9.17) is 4.42 Å². The fourth-order valence-corrected chi connectivity index (χ4v) is 2.51. The Balaban J connectivity index is 0.00000300. The van der Waals surface area contributed by atoms with Crippen molar-refractivity contribution in [3.05, 3.63) is 89.9 Å². The summed E-state index contributed by atoms with van der Waals surface area (Å²) < 4.78 is 5.08. The first kappa shape index (κ1) is 22.5. The van der Waals surface area contributed by atoms with E-state index in [1.165, 1.54) is 11.8 Å². The lowest BCUT2D eigenvalue weighted by atomic mass is 10.1. The highest BCUT2D eigenvalue weighted by Crippen LogP contribution is 2.07. The molecule has 0 radical (unpaired) electrons. The number of furan rings is 1. The summed E-state index contributed by atoms with van der Waals surface area (Å²) in [6.07, 6.45) is 1.48. The quantitative estimate of drug-likeness (QED) is 0.195. The first-order chi connectivity index (χ1) is 13.7. The SMILES string of the molecule is Cc1ccc(CN=C(NCCNC(=O)c2ccco2)Nc2ccccc2)cc1.I. The zero-order valence-electron chi connectivity index (χ0n) is 16.2. The van der Waals surface area contributed by atoms with Gasteiger partial charge in [0.2, 0.25) is 0 Å². The normalized spacial score (nSPS) is 10.7. The van der Waals surface area contributed by atoms with Crippen LogP contribution in [0.3, 0.4) is 0 Å². The van der Waals surface area contributed by atoms with Crippen LogP contribution in [0.15, 0.2) is 82.4 Å². The molecule has 29 heavy (non-hydrogen) atoms. The number of para-hydroxylation sites is 1. The molecule has 1 aromatic heterocycles. The van der Waals surface area contributed by atoms with Crippen molar-refractivity contribution in [2.75, 3.05) is 18.4 Å². The number of aliphatic imine (C=N–C) groups is 1. The maximum absolute atomic E-state index is 11.9. The van der Waals surface area contributed by atoms with Crippen molar-refractivity contribution in [2.24, 2.45) is 4.99 Å². The van der Waals surface area contributed by atoms with Crippen LogP contribution < -0.4 is 16.0 Å². The second kappa shape index (κ2) is 11.9. The van der Waals surface area contributed by atoms with Crippen LogP contribution in [-0.2, 0) is 6.54 Å². The number of rotatable bonds is 7. The molecule has 0 aliphatic heterocycles. The van der Waals surface area contributed by atoms with Gasteiger partial charge in [0.05, 0.1) is 12.8 Å². The van der Waals surface area contributed by atoms with Gasteiger partial charge in [0.25, 0.3) is 5.91 Å². The third kappa shape index (κ3) is 7.61. The maximum atomic E-state index is 11.9. The molecule has 0 bridgehead atoms. The van der Waals surface area contributed by atoms with Crippen molar-refractivity contribution in [2.45, 2.75) is 13.5 Å². The molecule has 152 valence electrons. The van der Waals surface area contributed by atoms with Gasteiger partial charge in [0.1, 0.15) is 0 Å². The molecule has 0 spiro atoms. The van der Waals surface area contributed by atoms with Crippen LogP contribution >= 0.6 is 24.0 Å². The second-order valence-corrected chi connectivity index (χ2v) is 6.30. The number of nitrogens with one attached hydrogen (secondary N) is 3. The lowest BCUT2D eigenvalue weighted by Gasteiger charge is -2.13.